The Morgan fingerprint density at radius 3 is 2.50 bits per heavy atom. The fourth-order valence-electron chi connectivity index (χ4n) is 2.04. The Morgan fingerprint density at radius 1 is 1.19 bits per heavy atom. The molecule has 0 bridgehead atoms. The first-order valence-electron chi connectivity index (χ1n) is 6.05. The number of hydrogen-bond donors (Lipinski definition) is 2. The van der Waals surface area contributed by atoms with E-state index in [4.69, 9.17) is 0 Å². The van der Waals surface area contributed by atoms with E-state index in [0.717, 1.165) is 19.0 Å². The van der Waals surface area contributed by atoms with Crippen LogP contribution in [-0.2, 0) is 0 Å². The molecular formula is C14H20N2. The average molecular weight is 216 g/mol. The van der Waals surface area contributed by atoms with Crippen LogP contribution in [0.3, 0.4) is 0 Å². The van der Waals surface area contributed by atoms with Gasteiger partial charge >= 0.3 is 0 Å². The van der Waals surface area contributed by atoms with Crippen molar-refractivity contribution >= 4 is 11.8 Å². The molecule has 0 radical (unpaired) electrons. The average Bonchev–Trinajstić information content (AvgIpc) is 2.38. The van der Waals surface area contributed by atoms with Crippen molar-refractivity contribution in [1.82, 2.24) is 5.32 Å². The Balaban J connectivity index is 1.94. The van der Waals surface area contributed by atoms with E-state index in [1.54, 1.807) is 0 Å². The molecule has 0 amide bonds. The number of allylic oxidation sites excluding steroid dienone is 1. The third kappa shape index (κ3) is 3.11. The van der Waals surface area contributed by atoms with Crippen molar-refractivity contribution in [3.8, 4) is 0 Å². The summed E-state index contributed by atoms with van der Waals surface area (Å²) in [5, 5.41) is 6.51. The molecule has 0 spiro atoms. The minimum absolute atomic E-state index is 0.755. The van der Waals surface area contributed by atoms with Crippen LogP contribution in [0.2, 0.25) is 0 Å². The maximum atomic E-state index is 3.39. The Labute approximate surface area is 97.8 Å². The van der Waals surface area contributed by atoms with Crippen molar-refractivity contribution in [3.05, 3.63) is 35.9 Å². The molecule has 0 saturated carbocycles. The van der Waals surface area contributed by atoms with Gasteiger partial charge in [-0.25, -0.2) is 0 Å². The fraction of sp³-hybridized carbons (Fsp3) is 0.429. The predicted molar refractivity (Wildman–Crippen MR) is 70.6 cm³/mol. The SMILES string of the molecule is CNc1ccc(/C=C/C2CCNCC2)cc1. The van der Waals surface area contributed by atoms with Crippen molar-refractivity contribution in [2.45, 2.75) is 12.8 Å². The molecule has 16 heavy (non-hydrogen) atoms. The third-order valence-electron chi connectivity index (χ3n) is 3.14. The second kappa shape index (κ2) is 5.71. The summed E-state index contributed by atoms with van der Waals surface area (Å²) in [6.45, 7) is 2.32. The molecule has 1 saturated heterocycles. The summed E-state index contributed by atoms with van der Waals surface area (Å²) in [6, 6.07) is 8.54. The lowest BCUT2D eigenvalue weighted by atomic mass is 9.97. The molecule has 2 heteroatoms. The first kappa shape index (κ1) is 11.2. The molecule has 1 heterocycles. The number of anilines is 1. The van der Waals surface area contributed by atoms with E-state index in [2.05, 4.69) is 47.1 Å². The molecule has 1 aliphatic heterocycles. The number of nitrogens with one attached hydrogen (secondary N) is 2. The molecule has 2 N–H and O–H groups in total. The molecule has 1 fully saturated rings. The molecule has 2 rings (SSSR count). The highest BCUT2D eigenvalue weighted by Gasteiger charge is 2.08. The summed E-state index contributed by atoms with van der Waals surface area (Å²) in [6.07, 6.45) is 7.14. The summed E-state index contributed by atoms with van der Waals surface area (Å²) in [5.41, 5.74) is 2.46. The van der Waals surface area contributed by atoms with E-state index in [1.807, 2.05) is 7.05 Å². The van der Waals surface area contributed by atoms with Gasteiger partial charge in [-0.05, 0) is 49.5 Å². The molecule has 0 aromatic heterocycles. The van der Waals surface area contributed by atoms with Gasteiger partial charge in [0.2, 0.25) is 0 Å². The van der Waals surface area contributed by atoms with Crippen LogP contribution in [0.5, 0.6) is 0 Å². The van der Waals surface area contributed by atoms with Gasteiger partial charge in [-0.2, -0.15) is 0 Å². The smallest absolute Gasteiger partial charge is 0.0337 e. The van der Waals surface area contributed by atoms with E-state index in [0.29, 0.717) is 0 Å². The fourth-order valence-corrected chi connectivity index (χ4v) is 2.04. The lowest BCUT2D eigenvalue weighted by Crippen LogP contribution is -2.26. The molecule has 0 atom stereocenters. The van der Waals surface area contributed by atoms with Gasteiger partial charge in [0.05, 0.1) is 0 Å². The maximum absolute atomic E-state index is 3.39. The summed E-state index contributed by atoms with van der Waals surface area (Å²) >= 11 is 0. The molecule has 0 unspecified atom stereocenters. The van der Waals surface area contributed by atoms with Crippen LogP contribution in [0.15, 0.2) is 30.3 Å². The van der Waals surface area contributed by atoms with Crippen LogP contribution in [0.1, 0.15) is 18.4 Å². The molecule has 0 aliphatic carbocycles. The number of benzene rings is 1. The highest BCUT2D eigenvalue weighted by atomic mass is 14.9. The van der Waals surface area contributed by atoms with Crippen LogP contribution < -0.4 is 10.6 Å². The van der Waals surface area contributed by atoms with Gasteiger partial charge in [-0.1, -0.05) is 24.3 Å². The predicted octanol–water partition coefficient (Wildman–Crippen LogP) is 2.74. The van der Waals surface area contributed by atoms with Crippen molar-refractivity contribution < 1.29 is 0 Å². The highest BCUT2D eigenvalue weighted by molar-refractivity contribution is 5.54. The molecule has 1 aromatic carbocycles. The van der Waals surface area contributed by atoms with E-state index in [-0.39, 0.29) is 0 Å². The topological polar surface area (TPSA) is 24.1 Å². The lowest BCUT2D eigenvalue weighted by molar-refractivity contribution is 0.438. The van der Waals surface area contributed by atoms with Crippen molar-refractivity contribution in [3.63, 3.8) is 0 Å². The summed E-state index contributed by atoms with van der Waals surface area (Å²) in [4.78, 5) is 0. The monoisotopic (exact) mass is 216 g/mol. The third-order valence-corrected chi connectivity index (χ3v) is 3.14. The van der Waals surface area contributed by atoms with E-state index < -0.39 is 0 Å². The van der Waals surface area contributed by atoms with Gasteiger partial charge in [0, 0.05) is 12.7 Å². The van der Waals surface area contributed by atoms with Gasteiger partial charge in [0.1, 0.15) is 0 Å². The van der Waals surface area contributed by atoms with Crippen LogP contribution in [0.25, 0.3) is 6.08 Å². The second-order valence-electron chi connectivity index (χ2n) is 4.32. The first-order chi connectivity index (χ1) is 7.88. The standard InChI is InChI=1S/C14H20N2/c1-15-14-6-4-12(5-7-14)2-3-13-8-10-16-11-9-13/h2-7,13,15-16H,8-11H2,1H3/b3-2+. The van der Waals surface area contributed by atoms with Gasteiger partial charge in [-0.3, -0.25) is 0 Å². The zero-order valence-corrected chi connectivity index (χ0v) is 9.87. The largest absolute Gasteiger partial charge is 0.388 e. The first-order valence-corrected chi connectivity index (χ1v) is 6.05. The van der Waals surface area contributed by atoms with E-state index >= 15 is 0 Å². The normalized spacial score (nSPS) is 17.8. The second-order valence-corrected chi connectivity index (χ2v) is 4.32. The zero-order chi connectivity index (χ0) is 11.2. The Hall–Kier alpha value is -1.28. The minimum atomic E-state index is 0.755. The quantitative estimate of drug-likeness (QED) is 0.812. The van der Waals surface area contributed by atoms with Crippen LogP contribution >= 0.6 is 0 Å². The van der Waals surface area contributed by atoms with Gasteiger partial charge in [-0.15, -0.1) is 0 Å². The Morgan fingerprint density at radius 2 is 1.88 bits per heavy atom. The zero-order valence-electron chi connectivity index (χ0n) is 9.87. The van der Waals surface area contributed by atoms with Crippen LogP contribution in [0, 0.1) is 5.92 Å². The minimum Gasteiger partial charge on any atom is -0.388 e. The molecular weight excluding hydrogens is 196 g/mol. The number of piperidine rings is 1. The summed E-state index contributed by atoms with van der Waals surface area (Å²) in [5.74, 6) is 0.755. The lowest BCUT2D eigenvalue weighted by Gasteiger charge is -2.19. The van der Waals surface area contributed by atoms with Crippen molar-refractivity contribution in [2.75, 3.05) is 25.5 Å². The van der Waals surface area contributed by atoms with Gasteiger partial charge < -0.3 is 10.6 Å². The summed E-state index contributed by atoms with van der Waals surface area (Å²) in [7, 11) is 1.94. The summed E-state index contributed by atoms with van der Waals surface area (Å²) < 4.78 is 0. The van der Waals surface area contributed by atoms with Crippen LogP contribution in [0.4, 0.5) is 5.69 Å². The Kier molecular flexibility index (Phi) is 4.00. The molecule has 2 nitrogen and oxygen atoms in total. The van der Waals surface area contributed by atoms with Crippen molar-refractivity contribution in [1.29, 1.82) is 0 Å². The van der Waals surface area contributed by atoms with Gasteiger partial charge in [0.25, 0.3) is 0 Å². The number of hydrogen-bond acceptors (Lipinski definition) is 2. The van der Waals surface area contributed by atoms with Crippen LogP contribution in [-0.4, -0.2) is 20.1 Å². The van der Waals surface area contributed by atoms with Crippen molar-refractivity contribution in [2.24, 2.45) is 5.92 Å². The molecule has 1 aliphatic rings. The maximum Gasteiger partial charge on any atom is 0.0337 e. The molecule has 1 aromatic rings. The highest BCUT2D eigenvalue weighted by Crippen LogP contribution is 2.16. The molecule has 86 valence electrons. The van der Waals surface area contributed by atoms with E-state index in [9.17, 15) is 0 Å². The number of rotatable bonds is 3. The van der Waals surface area contributed by atoms with E-state index in [1.165, 1.54) is 24.1 Å². The van der Waals surface area contributed by atoms with Gasteiger partial charge in [0.15, 0.2) is 0 Å². The Bertz CT molecular complexity index is 334.